The molecule has 0 spiro atoms. The fraction of sp³-hybridized carbons (Fsp3) is 0.688. The molecule has 0 amide bonds. The minimum Gasteiger partial charge on any atom is -0.377 e. The van der Waals surface area contributed by atoms with Gasteiger partial charge in [0.05, 0.1) is 0 Å². The molecule has 50 heavy (non-hydrogen) atoms. The largest absolute Gasteiger partial charge is 0.377 e. The standard InChI is InChI=1S/C25H32.C23H30O2/c1-6-17-9-11-20-19(15-17)10-12-21-22-13-14-24(4,8-3)25(22,5)16-18(7-2)23(20)21;1-5-23(25)11-10-20-18-8-6-15-12-16(24)7-9-17(15)21(18)19(14(2)3)13-22(20,23)4/h2-3,6,15,18,20-23H,9-14,16H2,1,4-5H3;1,12,17-21,25H,2,6-11,13H2,3-4H3/b17-6-;/t18?,20?,21?,22?,23?,24-,25?;17?,18?,19?,20?,21?,22?,23-/m10/s1. The molecule has 8 aliphatic carbocycles. The summed E-state index contributed by atoms with van der Waals surface area (Å²) in [5.41, 5.74) is 4.90. The van der Waals surface area contributed by atoms with Crippen molar-refractivity contribution in [3.8, 4) is 37.0 Å². The average Bonchev–Trinajstić information content (AvgIpc) is 3.55. The van der Waals surface area contributed by atoms with E-state index in [0.29, 0.717) is 53.6 Å². The third-order valence-corrected chi connectivity index (χ3v) is 17.2. The molecular formula is C48H62O2. The number of ketones is 1. The van der Waals surface area contributed by atoms with Crippen LogP contribution >= 0.6 is 0 Å². The third kappa shape index (κ3) is 5.15. The van der Waals surface area contributed by atoms with E-state index in [-0.39, 0.29) is 16.2 Å². The highest BCUT2D eigenvalue weighted by atomic mass is 16.3. The molecule has 2 heteroatoms. The molecule has 0 aromatic heterocycles. The Bertz CT molecular complexity index is 1650. The van der Waals surface area contributed by atoms with Crippen LogP contribution in [0.25, 0.3) is 0 Å². The highest BCUT2D eigenvalue weighted by Gasteiger charge is 2.65. The molecule has 2 nitrogen and oxygen atoms in total. The van der Waals surface area contributed by atoms with Crippen LogP contribution in [0.15, 0.2) is 47.1 Å². The monoisotopic (exact) mass is 670 g/mol. The zero-order chi connectivity index (χ0) is 35.8. The molecule has 266 valence electrons. The topological polar surface area (TPSA) is 37.3 Å². The second-order valence-corrected chi connectivity index (χ2v) is 18.9. The molecule has 8 aliphatic rings. The van der Waals surface area contributed by atoms with E-state index in [4.69, 9.17) is 19.3 Å². The van der Waals surface area contributed by atoms with Gasteiger partial charge in [-0.15, -0.1) is 25.2 Å². The summed E-state index contributed by atoms with van der Waals surface area (Å²) in [6, 6.07) is 0. The minimum absolute atomic E-state index is 0.0263. The first-order chi connectivity index (χ1) is 23.8. The lowest BCUT2D eigenvalue weighted by Crippen LogP contribution is -2.55. The summed E-state index contributed by atoms with van der Waals surface area (Å²) < 4.78 is 0. The van der Waals surface area contributed by atoms with Gasteiger partial charge < -0.3 is 5.11 Å². The summed E-state index contributed by atoms with van der Waals surface area (Å²) in [6.45, 7) is 15.7. The highest BCUT2D eigenvalue weighted by Crippen LogP contribution is 2.69. The first-order valence-corrected chi connectivity index (χ1v) is 20.2. The number of allylic oxidation sites excluding steroid dienone is 6. The lowest BCUT2D eigenvalue weighted by molar-refractivity contribution is -0.118. The molecule has 0 aromatic rings. The maximum Gasteiger partial charge on any atom is 0.155 e. The van der Waals surface area contributed by atoms with Crippen molar-refractivity contribution < 1.29 is 9.90 Å². The quantitative estimate of drug-likeness (QED) is 0.223. The van der Waals surface area contributed by atoms with Crippen molar-refractivity contribution >= 4 is 5.78 Å². The van der Waals surface area contributed by atoms with Crippen LogP contribution in [0, 0.1) is 112 Å². The summed E-state index contributed by atoms with van der Waals surface area (Å²) in [6.07, 6.45) is 40.0. The molecule has 0 aliphatic heterocycles. The van der Waals surface area contributed by atoms with Gasteiger partial charge in [0.25, 0.3) is 0 Å². The molecule has 0 radical (unpaired) electrons. The van der Waals surface area contributed by atoms with Crippen LogP contribution in [0.2, 0.25) is 0 Å². The van der Waals surface area contributed by atoms with Gasteiger partial charge in [-0.1, -0.05) is 66.7 Å². The number of rotatable bonds is 1. The van der Waals surface area contributed by atoms with Crippen LogP contribution in [0.5, 0.6) is 0 Å². The van der Waals surface area contributed by atoms with E-state index in [1.807, 2.05) is 6.08 Å². The Labute approximate surface area is 304 Å². The second kappa shape index (κ2) is 12.7. The zero-order valence-electron chi connectivity index (χ0n) is 31.7. The number of aliphatic hydroxyl groups is 1. The number of carbonyl (C=O) groups excluding carboxylic acids is 1. The molecule has 8 rings (SSSR count). The fourth-order valence-corrected chi connectivity index (χ4v) is 14.3. The maximum absolute atomic E-state index is 11.9. The van der Waals surface area contributed by atoms with Crippen molar-refractivity contribution in [3.63, 3.8) is 0 Å². The van der Waals surface area contributed by atoms with Crippen molar-refractivity contribution in [1.82, 2.24) is 0 Å². The maximum atomic E-state index is 11.9. The van der Waals surface area contributed by atoms with Gasteiger partial charge in [-0.25, -0.2) is 0 Å². The Morgan fingerprint density at radius 2 is 1.44 bits per heavy atom. The van der Waals surface area contributed by atoms with Crippen LogP contribution in [-0.4, -0.2) is 16.5 Å². The van der Waals surface area contributed by atoms with E-state index < -0.39 is 5.60 Å². The Hall–Kier alpha value is -2.73. The molecule has 0 saturated heterocycles. The first-order valence-electron chi connectivity index (χ1n) is 20.2. The molecule has 12 unspecified atom stereocenters. The van der Waals surface area contributed by atoms with Crippen LogP contribution < -0.4 is 0 Å². The lowest BCUT2D eigenvalue weighted by atomic mass is 9.46. The number of carbonyl (C=O) groups is 1. The number of terminal acetylenes is 3. The normalized spacial score (nSPS) is 49.3. The minimum atomic E-state index is -0.977. The lowest BCUT2D eigenvalue weighted by Gasteiger charge is -2.58. The second-order valence-electron chi connectivity index (χ2n) is 18.9. The van der Waals surface area contributed by atoms with E-state index in [0.717, 1.165) is 62.7 Å². The Kier molecular flexibility index (Phi) is 9.09. The van der Waals surface area contributed by atoms with Gasteiger partial charge in [0.1, 0.15) is 5.60 Å². The van der Waals surface area contributed by atoms with Gasteiger partial charge >= 0.3 is 0 Å². The summed E-state index contributed by atoms with van der Waals surface area (Å²) in [7, 11) is 0. The fourth-order valence-electron chi connectivity index (χ4n) is 14.3. The number of hydrogen-bond acceptors (Lipinski definition) is 2. The van der Waals surface area contributed by atoms with Crippen LogP contribution in [0.3, 0.4) is 0 Å². The number of hydrogen-bond donors (Lipinski definition) is 1. The molecule has 14 atom stereocenters. The average molecular weight is 671 g/mol. The van der Waals surface area contributed by atoms with E-state index in [2.05, 4.69) is 71.1 Å². The van der Waals surface area contributed by atoms with Crippen LogP contribution in [0.4, 0.5) is 0 Å². The smallest absolute Gasteiger partial charge is 0.155 e. The van der Waals surface area contributed by atoms with E-state index in [1.165, 1.54) is 55.2 Å². The van der Waals surface area contributed by atoms with Gasteiger partial charge in [-0.05, 0) is 169 Å². The van der Waals surface area contributed by atoms with Crippen molar-refractivity contribution in [3.05, 3.63) is 47.1 Å². The van der Waals surface area contributed by atoms with Gasteiger partial charge in [0.15, 0.2) is 5.78 Å². The Morgan fingerprint density at radius 3 is 2.08 bits per heavy atom. The van der Waals surface area contributed by atoms with Crippen LogP contribution in [0.1, 0.15) is 125 Å². The first kappa shape index (κ1) is 35.7. The van der Waals surface area contributed by atoms with Crippen molar-refractivity contribution in [1.29, 1.82) is 0 Å². The summed E-state index contributed by atoms with van der Waals surface area (Å²) in [5.74, 6) is 15.5. The molecular weight excluding hydrogens is 609 g/mol. The predicted molar refractivity (Wildman–Crippen MR) is 205 cm³/mol. The van der Waals surface area contributed by atoms with Gasteiger partial charge in [0, 0.05) is 23.2 Å². The summed E-state index contributed by atoms with van der Waals surface area (Å²) >= 11 is 0. The van der Waals surface area contributed by atoms with E-state index in [9.17, 15) is 9.90 Å². The van der Waals surface area contributed by atoms with Gasteiger partial charge in [0.2, 0.25) is 0 Å². The highest BCUT2D eigenvalue weighted by molar-refractivity contribution is 5.91. The predicted octanol–water partition coefficient (Wildman–Crippen LogP) is 10.3. The molecule has 0 heterocycles. The molecule has 6 fully saturated rings. The number of fused-ring (bicyclic) bond motifs is 10. The Morgan fingerprint density at radius 1 is 0.820 bits per heavy atom. The van der Waals surface area contributed by atoms with E-state index >= 15 is 0 Å². The third-order valence-electron chi connectivity index (χ3n) is 17.2. The SMILES string of the molecule is C#CC1CC2(C)C(CC[C@@]2(C)C#C)C2CCC3=C/C(=C\C)CCC3C12.C#C[C@]1(O)CCC2C3CCC4=CC(=O)CCC4C3C(C(=C)C)CC21C. The van der Waals surface area contributed by atoms with Crippen molar-refractivity contribution in [2.75, 3.05) is 0 Å². The van der Waals surface area contributed by atoms with Gasteiger partial charge in [-0.2, -0.15) is 0 Å². The summed E-state index contributed by atoms with van der Waals surface area (Å²) in [4.78, 5) is 11.9. The molecule has 0 bridgehead atoms. The molecule has 6 saturated carbocycles. The molecule has 0 aromatic carbocycles. The van der Waals surface area contributed by atoms with Crippen molar-refractivity contribution in [2.45, 2.75) is 130 Å². The Balaban J connectivity index is 0.000000157. The van der Waals surface area contributed by atoms with Gasteiger partial charge in [-0.3, -0.25) is 4.79 Å². The van der Waals surface area contributed by atoms with Crippen LogP contribution in [-0.2, 0) is 4.79 Å². The summed E-state index contributed by atoms with van der Waals surface area (Å²) in [5, 5.41) is 11.2. The zero-order valence-corrected chi connectivity index (χ0v) is 31.7. The molecule has 1 N–H and O–H groups in total. The van der Waals surface area contributed by atoms with Crippen molar-refractivity contribution in [2.24, 2.45) is 75.4 Å². The van der Waals surface area contributed by atoms with E-state index in [1.54, 1.807) is 5.57 Å².